The average molecular weight is 437 g/mol. The molecule has 2 N–H and O–H groups in total. The van der Waals surface area contributed by atoms with Gasteiger partial charge in [-0.2, -0.15) is 0 Å². The molecule has 0 aliphatic carbocycles. The first-order chi connectivity index (χ1) is 14.2. The number of carbonyl (C=O) groups excluding carboxylic acids is 4. The second kappa shape index (κ2) is 11.3. The Hall–Kier alpha value is -3.10. The minimum Gasteiger partial charge on any atom is -0.460 e. The van der Waals surface area contributed by atoms with Crippen LogP contribution < -0.4 is 10.6 Å². The third-order valence-corrected chi connectivity index (χ3v) is 3.42. The normalized spacial score (nSPS) is 12.3. The van der Waals surface area contributed by atoms with E-state index in [9.17, 15) is 19.2 Å². The van der Waals surface area contributed by atoms with E-state index in [0.29, 0.717) is 0 Å². The van der Waals surface area contributed by atoms with Gasteiger partial charge in [0.2, 0.25) is 5.91 Å². The molecule has 0 radical (unpaired) electrons. The van der Waals surface area contributed by atoms with Gasteiger partial charge in [-0.15, -0.1) is 0 Å². The van der Waals surface area contributed by atoms with Gasteiger partial charge in [-0.25, -0.2) is 9.59 Å². The summed E-state index contributed by atoms with van der Waals surface area (Å²) in [5.74, 6) is -2.13. The number of ether oxygens (including phenoxy) is 3. The SMILES string of the molecule is CC(C)(C)OC(=O)CC(NC(=O)CNC(=O)OCc1ccccc1)C(=O)OC(C)(C)C. The van der Waals surface area contributed by atoms with Crippen molar-refractivity contribution >= 4 is 23.9 Å². The fraction of sp³-hybridized carbons (Fsp3) is 0.545. The van der Waals surface area contributed by atoms with Crippen LogP contribution in [-0.4, -0.2) is 47.7 Å². The van der Waals surface area contributed by atoms with Crippen molar-refractivity contribution in [3.05, 3.63) is 35.9 Å². The molecular weight excluding hydrogens is 404 g/mol. The molecule has 0 fully saturated rings. The lowest BCUT2D eigenvalue weighted by Crippen LogP contribution is -2.49. The summed E-state index contributed by atoms with van der Waals surface area (Å²) in [6, 6.07) is 7.79. The summed E-state index contributed by atoms with van der Waals surface area (Å²) in [5.41, 5.74) is -0.763. The number of amides is 2. The summed E-state index contributed by atoms with van der Waals surface area (Å²) in [5, 5.41) is 4.70. The molecule has 1 rings (SSSR count). The fourth-order valence-electron chi connectivity index (χ4n) is 2.29. The van der Waals surface area contributed by atoms with Gasteiger partial charge in [0.25, 0.3) is 0 Å². The van der Waals surface area contributed by atoms with Crippen molar-refractivity contribution in [2.45, 2.75) is 71.8 Å². The molecule has 31 heavy (non-hydrogen) atoms. The Morgan fingerprint density at radius 2 is 1.48 bits per heavy atom. The Kier molecular flexibility index (Phi) is 9.48. The third kappa shape index (κ3) is 12.2. The van der Waals surface area contributed by atoms with E-state index < -0.39 is 54.1 Å². The van der Waals surface area contributed by atoms with Crippen LogP contribution in [0.1, 0.15) is 53.5 Å². The van der Waals surface area contributed by atoms with Crippen LogP contribution in [0.4, 0.5) is 4.79 Å². The number of esters is 2. The number of hydrogen-bond acceptors (Lipinski definition) is 7. The maximum Gasteiger partial charge on any atom is 0.407 e. The summed E-state index contributed by atoms with van der Waals surface area (Å²) in [4.78, 5) is 48.6. The van der Waals surface area contributed by atoms with Crippen molar-refractivity contribution in [1.29, 1.82) is 0 Å². The monoisotopic (exact) mass is 436 g/mol. The van der Waals surface area contributed by atoms with Crippen LogP contribution in [0.25, 0.3) is 0 Å². The first-order valence-electron chi connectivity index (χ1n) is 9.94. The predicted octanol–water partition coefficient (Wildman–Crippen LogP) is 2.47. The van der Waals surface area contributed by atoms with Crippen LogP contribution in [0, 0.1) is 0 Å². The number of nitrogens with one attached hydrogen (secondary N) is 2. The molecule has 0 bridgehead atoms. The van der Waals surface area contributed by atoms with Crippen molar-refractivity contribution in [2.24, 2.45) is 0 Å². The highest BCUT2D eigenvalue weighted by Crippen LogP contribution is 2.13. The molecule has 0 aliphatic rings. The molecular formula is C22H32N2O7. The minimum absolute atomic E-state index is 0.0491. The second-order valence-electron chi connectivity index (χ2n) is 8.86. The standard InChI is InChI=1S/C22H32N2O7/c1-21(2,3)30-18(26)12-16(19(27)31-22(4,5)6)24-17(25)13-23-20(28)29-14-15-10-8-7-9-11-15/h7-11,16H,12-14H2,1-6H3,(H,23,28)(H,24,25). The van der Waals surface area contributed by atoms with Crippen LogP contribution >= 0.6 is 0 Å². The Labute approximate surface area is 182 Å². The first-order valence-corrected chi connectivity index (χ1v) is 9.94. The van der Waals surface area contributed by atoms with Gasteiger partial charge in [-0.1, -0.05) is 30.3 Å². The molecule has 1 aromatic carbocycles. The Morgan fingerprint density at radius 3 is 2.03 bits per heavy atom. The molecule has 1 aromatic rings. The van der Waals surface area contributed by atoms with Crippen molar-refractivity contribution in [2.75, 3.05) is 6.54 Å². The second-order valence-corrected chi connectivity index (χ2v) is 8.86. The van der Waals surface area contributed by atoms with E-state index in [2.05, 4.69) is 10.6 Å². The van der Waals surface area contributed by atoms with Gasteiger partial charge in [0.05, 0.1) is 6.42 Å². The highest BCUT2D eigenvalue weighted by atomic mass is 16.6. The van der Waals surface area contributed by atoms with Gasteiger partial charge in [-0.3, -0.25) is 9.59 Å². The first kappa shape index (κ1) is 25.9. The third-order valence-electron chi connectivity index (χ3n) is 3.42. The van der Waals surface area contributed by atoms with Crippen LogP contribution in [0.5, 0.6) is 0 Å². The predicted molar refractivity (Wildman–Crippen MR) is 113 cm³/mol. The van der Waals surface area contributed by atoms with Crippen LogP contribution in [0.3, 0.4) is 0 Å². The van der Waals surface area contributed by atoms with E-state index in [1.807, 2.05) is 18.2 Å². The molecule has 0 heterocycles. The van der Waals surface area contributed by atoms with Gasteiger partial charge < -0.3 is 24.8 Å². The molecule has 9 heteroatoms. The summed E-state index contributed by atoms with van der Waals surface area (Å²) < 4.78 is 15.5. The molecule has 9 nitrogen and oxygen atoms in total. The Balaban J connectivity index is 2.61. The van der Waals surface area contributed by atoms with Crippen LogP contribution in [0.2, 0.25) is 0 Å². The molecule has 0 saturated carbocycles. The highest BCUT2D eigenvalue weighted by molar-refractivity contribution is 5.90. The Bertz CT molecular complexity index is 764. The molecule has 2 amide bonds. The topological polar surface area (TPSA) is 120 Å². The van der Waals surface area contributed by atoms with Crippen LogP contribution in [-0.2, 0) is 35.2 Å². The zero-order valence-corrected chi connectivity index (χ0v) is 18.9. The molecule has 0 aliphatic heterocycles. The summed E-state index contributed by atoms with van der Waals surface area (Å²) in [6.07, 6.45) is -1.20. The summed E-state index contributed by atoms with van der Waals surface area (Å²) in [7, 11) is 0. The lowest BCUT2D eigenvalue weighted by Gasteiger charge is -2.25. The smallest absolute Gasteiger partial charge is 0.407 e. The van der Waals surface area contributed by atoms with E-state index in [-0.39, 0.29) is 6.61 Å². The quantitative estimate of drug-likeness (QED) is 0.474. The molecule has 1 atom stereocenters. The van der Waals surface area contributed by atoms with E-state index in [1.165, 1.54) is 0 Å². The number of carbonyl (C=O) groups is 4. The molecule has 172 valence electrons. The zero-order valence-electron chi connectivity index (χ0n) is 18.9. The average Bonchev–Trinajstić information content (AvgIpc) is 2.62. The largest absolute Gasteiger partial charge is 0.460 e. The van der Waals surface area contributed by atoms with E-state index >= 15 is 0 Å². The number of alkyl carbamates (subject to hydrolysis) is 1. The van der Waals surface area contributed by atoms with Gasteiger partial charge >= 0.3 is 18.0 Å². The fourth-order valence-corrected chi connectivity index (χ4v) is 2.29. The van der Waals surface area contributed by atoms with Crippen molar-refractivity contribution in [3.63, 3.8) is 0 Å². The summed E-state index contributed by atoms with van der Waals surface area (Å²) in [6.45, 7) is 9.68. The Morgan fingerprint density at radius 1 is 0.903 bits per heavy atom. The number of rotatable bonds is 8. The number of benzene rings is 1. The van der Waals surface area contributed by atoms with E-state index in [0.717, 1.165) is 5.56 Å². The molecule has 0 saturated heterocycles. The minimum atomic E-state index is -1.26. The summed E-state index contributed by atoms with van der Waals surface area (Å²) >= 11 is 0. The highest BCUT2D eigenvalue weighted by Gasteiger charge is 2.30. The molecule has 0 spiro atoms. The van der Waals surface area contributed by atoms with Gasteiger partial charge in [0.1, 0.15) is 30.4 Å². The van der Waals surface area contributed by atoms with Crippen LogP contribution in [0.15, 0.2) is 30.3 Å². The maximum atomic E-state index is 12.4. The lowest BCUT2D eigenvalue weighted by atomic mass is 10.1. The lowest BCUT2D eigenvalue weighted by molar-refractivity contribution is -0.165. The van der Waals surface area contributed by atoms with E-state index in [1.54, 1.807) is 53.7 Å². The van der Waals surface area contributed by atoms with Crippen molar-refractivity contribution in [3.8, 4) is 0 Å². The van der Waals surface area contributed by atoms with Gasteiger partial charge in [0.15, 0.2) is 0 Å². The van der Waals surface area contributed by atoms with Gasteiger partial charge in [0, 0.05) is 0 Å². The van der Waals surface area contributed by atoms with E-state index in [4.69, 9.17) is 14.2 Å². The van der Waals surface area contributed by atoms with Crippen molar-refractivity contribution < 1.29 is 33.4 Å². The molecule has 0 aromatic heterocycles. The number of hydrogen-bond donors (Lipinski definition) is 2. The molecule has 1 unspecified atom stereocenters. The maximum absolute atomic E-state index is 12.4. The van der Waals surface area contributed by atoms with Gasteiger partial charge in [-0.05, 0) is 47.1 Å². The zero-order chi connectivity index (χ0) is 23.7. The van der Waals surface area contributed by atoms with Crippen molar-refractivity contribution in [1.82, 2.24) is 10.6 Å².